The van der Waals surface area contributed by atoms with Crippen LogP contribution in [0.3, 0.4) is 0 Å². The molecule has 0 radical (unpaired) electrons. The third-order valence-electron chi connectivity index (χ3n) is 3.93. The molecular formula is C21H21N3O3. The molecule has 0 bridgehead atoms. The van der Waals surface area contributed by atoms with Gasteiger partial charge in [-0.3, -0.25) is 4.79 Å². The molecule has 0 aliphatic rings. The molecule has 6 nitrogen and oxygen atoms in total. The van der Waals surface area contributed by atoms with Gasteiger partial charge in [0.15, 0.2) is 0 Å². The maximum atomic E-state index is 12.0. The first-order valence-corrected chi connectivity index (χ1v) is 8.67. The molecule has 27 heavy (non-hydrogen) atoms. The number of aromatic nitrogens is 2. The van der Waals surface area contributed by atoms with Crippen molar-refractivity contribution in [1.82, 2.24) is 15.5 Å². The molecule has 0 aliphatic carbocycles. The molecule has 3 aromatic rings. The molecule has 0 atom stereocenters. The molecule has 0 aliphatic heterocycles. The minimum Gasteiger partial charge on any atom is -0.496 e. The maximum absolute atomic E-state index is 12.0. The van der Waals surface area contributed by atoms with Crippen LogP contribution in [0.15, 0.2) is 66.7 Å². The van der Waals surface area contributed by atoms with Crippen LogP contribution >= 0.6 is 0 Å². The molecule has 1 N–H and O–H groups in total. The minimum absolute atomic E-state index is 0.0893. The Hall–Kier alpha value is -3.41. The number of carbonyl (C=O) groups is 1. The number of methoxy groups -OCH3 is 1. The summed E-state index contributed by atoms with van der Waals surface area (Å²) in [5.74, 6) is 1.04. The van der Waals surface area contributed by atoms with Crippen LogP contribution in [0.25, 0.3) is 11.3 Å². The Kier molecular flexibility index (Phi) is 6.35. The highest BCUT2D eigenvalue weighted by Crippen LogP contribution is 2.18. The average Bonchev–Trinajstić information content (AvgIpc) is 2.73. The monoisotopic (exact) mass is 363 g/mol. The number of hydrogen-bond donors (Lipinski definition) is 1. The lowest BCUT2D eigenvalue weighted by Gasteiger charge is -2.09. The lowest BCUT2D eigenvalue weighted by atomic mass is 10.1. The van der Waals surface area contributed by atoms with Crippen LogP contribution in [0.4, 0.5) is 0 Å². The molecule has 0 saturated carbocycles. The molecular weight excluding hydrogens is 342 g/mol. The first-order chi connectivity index (χ1) is 13.3. The number of rotatable bonds is 8. The van der Waals surface area contributed by atoms with Crippen LogP contribution in [-0.4, -0.2) is 36.4 Å². The summed E-state index contributed by atoms with van der Waals surface area (Å²) in [6, 6.07) is 20.9. The summed E-state index contributed by atoms with van der Waals surface area (Å²) in [4.78, 5) is 12.0. The lowest BCUT2D eigenvalue weighted by Crippen LogP contribution is -2.29. The second kappa shape index (κ2) is 9.33. The van der Waals surface area contributed by atoms with E-state index < -0.39 is 0 Å². The molecule has 1 heterocycles. The highest BCUT2D eigenvalue weighted by Gasteiger charge is 2.08. The third kappa shape index (κ3) is 5.28. The second-order valence-electron chi connectivity index (χ2n) is 5.81. The van der Waals surface area contributed by atoms with Crippen LogP contribution in [0, 0.1) is 0 Å². The Morgan fingerprint density at radius 2 is 1.74 bits per heavy atom. The van der Waals surface area contributed by atoms with Crippen molar-refractivity contribution in [3.05, 3.63) is 72.3 Å². The smallest absolute Gasteiger partial charge is 0.233 e. The van der Waals surface area contributed by atoms with Gasteiger partial charge in [-0.2, -0.15) is 0 Å². The molecule has 2 aromatic carbocycles. The molecule has 1 amide bonds. The fraction of sp³-hybridized carbons (Fsp3) is 0.190. The summed E-state index contributed by atoms with van der Waals surface area (Å²) in [7, 11) is 1.59. The van der Waals surface area contributed by atoms with E-state index >= 15 is 0 Å². The van der Waals surface area contributed by atoms with Crippen molar-refractivity contribution in [2.45, 2.75) is 6.42 Å². The van der Waals surface area contributed by atoms with Crippen molar-refractivity contribution >= 4 is 5.91 Å². The van der Waals surface area contributed by atoms with Crippen LogP contribution in [0.5, 0.6) is 11.6 Å². The first kappa shape index (κ1) is 18.4. The molecule has 6 heteroatoms. The summed E-state index contributed by atoms with van der Waals surface area (Å²) < 4.78 is 10.8. The second-order valence-corrected chi connectivity index (χ2v) is 5.81. The van der Waals surface area contributed by atoms with E-state index in [9.17, 15) is 4.79 Å². The van der Waals surface area contributed by atoms with Crippen molar-refractivity contribution in [3.8, 4) is 22.9 Å². The zero-order valence-electron chi connectivity index (χ0n) is 15.1. The van der Waals surface area contributed by atoms with E-state index in [0.717, 1.165) is 16.8 Å². The van der Waals surface area contributed by atoms with E-state index in [1.54, 1.807) is 13.2 Å². The van der Waals surface area contributed by atoms with Gasteiger partial charge in [-0.25, -0.2) is 0 Å². The van der Waals surface area contributed by atoms with E-state index in [2.05, 4.69) is 15.5 Å². The van der Waals surface area contributed by atoms with E-state index in [0.29, 0.717) is 24.8 Å². The summed E-state index contributed by atoms with van der Waals surface area (Å²) in [5.41, 5.74) is 2.63. The highest BCUT2D eigenvalue weighted by molar-refractivity contribution is 5.79. The zero-order valence-corrected chi connectivity index (χ0v) is 15.1. The number of ether oxygens (including phenoxy) is 2. The van der Waals surface area contributed by atoms with E-state index in [1.807, 2.05) is 60.7 Å². The number of nitrogens with zero attached hydrogens (tertiary/aromatic N) is 2. The van der Waals surface area contributed by atoms with Crippen molar-refractivity contribution in [2.75, 3.05) is 20.3 Å². The standard InChI is InChI=1S/C21H21N3O3/c1-26-19-10-6-5-9-17(19)15-20(25)22-13-14-27-21-12-11-18(23-24-21)16-7-3-2-4-8-16/h2-12H,13-15H2,1H3,(H,22,25). The largest absolute Gasteiger partial charge is 0.496 e. The first-order valence-electron chi connectivity index (χ1n) is 8.67. The van der Waals surface area contributed by atoms with Crippen molar-refractivity contribution in [2.24, 2.45) is 0 Å². The average molecular weight is 363 g/mol. The van der Waals surface area contributed by atoms with E-state index in [4.69, 9.17) is 9.47 Å². The van der Waals surface area contributed by atoms with Gasteiger partial charge in [0.2, 0.25) is 11.8 Å². The quantitative estimate of drug-likeness (QED) is 0.623. The van der Waals surface area contributed by atoms with Gasteiger partial charge >= 0.3 is 0 Å². The number of para-hydroxylation sites is 1. The number of nitrogens with one attached hydrogen (secondary N) is 1. The summed E-state index contributed by atoms with van der Waals surface area (Å²) in [6.45, 7) is 0.702. The minimum atomic E-state index is -0.0893. The van der Waals surface area contributed by atoms with Gasteiger partial charge in [-0.05, 0) is 12.1 Å². The van der Waals surface area contributed by atoms with Gasteiger partial charge in [0.25, 0.3) is 0 Å². The molecule has 0 spiro atoms. The van der Waals surface area contributed by atoms with Crippen LogP contribution in [0.1, 0.15) is 5.56 Å². The van der Waals surface area contributed by atoms with Crippen molar-refractivity contribution < 1.29 is 14.3 Å². The van der Waals surface area contributed by atoms with Gasteiger partial charge in [0.05, 0.1) is 25.8 Å². The molecule has 0 saturated heterocycles. The maximum Gasteiger partial charge on any atom is 0.233 e. The Labute approximate surface area is 158 Å². The normalized spacial score (nSPS) is 10.3. The Balaban J connectivity index is 1.43. The Morgan fingerprint density at radius 1 is 0.963 bits per heavy atom. The topological polar surface area (TPSA) is 73.3 Å². The number of amides is 1. The zero-order chi connectivity index (χ0) is 18.9. The van der Waals surface area contributed by atoms with Crippen LogP contribution in [0.2, 0.25) is 0 Å². The summed E-state index contributed by atoms with van der Waals surface area (Å²) in [6.07, 6.45) is 0.260. The SMILES string of the molecule is COc1ccccc1CC(=O)NCCOc1ccc(-c2ccccc2)nn1. The number of hydrogen-bond acceptors (Lipinski definition) is 5. The van der Waals surface area contributed by atoms with Gasteiger partial charge in [0.1, 0.15) is 12.4 Å². The number of carbonyl (C=O) groups excluding carboxylic acids is 1. The highest BCUT2D eigenvalue weighted by atomic mass is 16.5. The Morgan fingerprint density at radius 3 is 2.48 bits per heavy atom. The van der Waals surface area contributed by atoms with Crippen molar-refractivity contribution in [3.63, 3.8) is 0 Å². The van der Waals surface area contributed by atoms with E-state index in [-0.39, 0.29) is 12.3 Å². The fourth-order valence-corrected chi connectivity index (χ4v) is 2.59. The molecule has 0 unspecified atom stereocenters. The summed E-state index contributed by atoms with van der Waals surface area (Å²) >= 11 is 0. The number of benzene rings is 2. The summed E-state index contributed by atoms with van der Waals surface area (Å²) in [5, 5.41) is 11.0. The van der Waals surface area contributed by atoms with Gasteiger partial charge < -0.3 is 14.8 Å². The Bertz CT molecular complexity index is 867. The molecule has 138 valence electrons. The molecule has 0 fully saturated rings. The molecule has 3 rings (SSSR count). The fourth-order valence-electron chi connectivity index (χ4n) is 2.59. The van der Waals surface area contributed by atoms with Gasteiger partial charge in [-0.1, -0.05) is 48.5 Å². The van der Waals surface area contributed by atoms with E-state index in [1.165, 1.54) is 0 Å². The van der Waals surface area contributed by atoms with Crippen molar-refractivity contribution in [1.29, 1.82) is 0 Å². The van der Waals surface area contributed by atoms with Crippen LogP contribution < -0.4 is 14.8 Å². The predicted molar refractivity (Wildman–Crippen MR) is 103 cm³/mol. The van der Waals surface area contributed by atoms with Gasteiger partial charge in [0, 0.05) is 17.2 Å². The van der Waals surface area contributed by atoms with Crippen LogP contribution in [-0.2, 0) is 11.2 Å². The predicted octanol–water partition coefficient (Wildman–Crippen LogP) is 2.89. The van der Waals surface area contributed by atoms with Gasteiger partial charge in [-0.15, -0.1) is 10.2 Å². The lowest BCUT2D eigenvalue weighted by molar-refractivity contribution is -0.120. The molecule has 1 aromatic heterocycles. The third-order valence-corrected chi connectivity index (χ3v) is 3.93.